The molecule has 0 aromatic heterocycles. The van der Waals surface area contributed by atoms with Crippen molar-refractivity contribution in [2.24, 2.45) is 5.92 Å². The molecule has 0 spiro atoms. The van der Waals surface area contributed by atoms with Crippen LogP contribution in [0.2, 0.25) is 0 Å². The van der Waals surface area contributed by atoms with Gasteiger partial charge in [-0.25, -0.2) is 0 Å². The first-order valence-electron chi connectivity index (χ1n) is 6.49. The number of Topliss-reactive ketones (excluding diaryl/α,β-unsaturated/α-hetero) is 1. The van der Waals surface area contributed by atoms with E-state index in [-0.39, 0.29) is 0 Å². The number of hydrogen-bond acceptors (Lipinski definition) is 2. The molecule has 1 saturated heterocycles. The molecule has 2 nitrogen and oxygen atoms in total. The Morgan fingerprint density at radius 1 is 1.38 bits per heavy atom. The molecule has 2 rings (SSSR count). The Balaban J connectivity index is 1.91. The van der Waals surface area contributed by atoms with Gasteiger partial charge in [0, 0.05) is 31.3 Å². The Morgan fingerprint density at radius 2 is 2.25 bits per heavy atom. The highest BCUT2D eigenvalue weighted by Gasteiger charge is 2.37. The summed E-state index contributed by atoms with van der Waals surface area (Å²) in [4.78, 5) is 14.3. The Hall–Kier alpha value is -0.810. The van der Waals surface area contributed by atoms with Crippen molar-refractivity contribution in [3.05, 3.63) is 0 Å². The number of nitrogens with zero attached hydrogens (tertiary/aromatic N) is 1. The molecule has 2 atom stereocenters. The van der Waals surface area contributed by atoms with E-state index in [9.17, 15) is 4.79 Å². The minimum Gasteiger partial charge on any atom is -0.299 e. The fraction of sp³-hybridized carbons (Fsp3) is 0.786. The maximum atomic E-state index is 11.8. The number of rotatable bonds is 3. The maximum absolute atomic E-state index is 11.8. The van der Waals surface area contributed by atoms with Gasteiger partial charge in [0.25, 0.3) is 0 Å². The zero-order valence-electron chi connectivity index (χ0n) is 10.2. The van der Waals surface area contributed by atoms with Crippen LogP contribution in [0.3, 0.4) is 0 Å². The Morgan fingerprint density at radius 3 is 2.94 bits per heavy atom. The van der Waals surface area contributed by atoms with Crippen LogP contribution in [0.5, 0.6) is 0 Å². The molecular formula is C14H21NO. The molecule has 2 aliphatic rings. The summed E-state index contributed by atoms with van der Waals surface area (Å²) in [7, 11) is 0. The summed E-state index contributed by atoms with van der Waals surface area (Å²) in [5.74, 6) is 6.92. The zero-order valence-corrected chi connectivity index (χ0v) is 10.2. The largest absolute Gasteiger partial charge is 0.299 e. The van der Waals surface area contributed by atoms with Crippen molar-refractivity contribution in [1.29, 1.82) is 0 Å². The van der Waals surface area contributed by atoms with E-state index in [1.54, 1.807) is 0 Å². The number of likely N-dealkylation sites (tertiary alicyclic amines) is 1. The second-order valence-corrected chi connectivity index (χ2v) is 4.89. The van der Waals surface area contributed by atoms with Gasteiger partial charge in [-0.1, -0.05) is 0 Å². The van der Waals surface area contributed by atoms with Crippen molar-refractivity contribution >= 4 is 5.78 Å². The average Bonchev–Trinajstić information content (AvgIpc) is 2.87. The van der Waals surface area contributed by atoms with Crippen LogP contribution in [0.25, 0.3) is 0 Å². The lowest BCUT2D eigenvalue weighted by molar-refractivity contribution is -0.122. The number of carbonyl (C=O) groups excluding carboxylic acids is 1. The van der Waals surface area contributed by atoms with Gasteiger partial charge in [0.1, 0.15) is 5.78 Å². The molecule has 2 heteroatoms. The van der Waals surface area contributed by atoms with Crippen LogP contribution in [-0.2, 0) is 4.79 Å². The van der Waals surface area contributed by atoms with E-state index in [0.717, 1.165) is 32.2 Å². The van der Waals surface area contributed by atoms with Crippen LogP contribution in [0, 0.1) is 17.8 Å². The van der Waals surface area contributed by atoms with Crippen LogP contribution < -0.4 is 0 Å². The van der Waals surface area contributed by atoms with Crippen molar-refractivity contribution < 1.29 is 4.79 Å². The fourth-order valence-corrected chi connectivity index (χ4v) is 3.16. The standard InChI is InChI=1S/C14H21NO/c1-2-3-4-10-15-11-6-8-13(15)12-7-5-9-14(12)16/h12-13H,4-11H2,1H3. The number of carbonyl (C=O) groups is 1. The Labute approximate surface area is 98.4 Å². The Kier molecular flexibility index (Phi) is 4.01. The van der Waals surface area contributed by atoms with Crippen LogP contribution in [0.4, 0.5) is 0 Å². The topological polar surface area (TPSA) is 20.3 Å². The second kappa shape index (κ2) is 5.50. The third kappa shape index (κ3) is 2.47. The van der Waals surface area contributed by atoms with Gasteiger partial charge >= 0.3 is 0 Å². The summed E-state index contributed by atoms with van der Waals surface area (Å²) in [5.41, 5.74) is 0. The predicted octanol–water partition coefficient (Wildman–Crippen LogP) is 2.23. The molecule has 0 amide bonds. The monoisotopic (exact) mass is 219 g/mol. The zero-order chi connectivity index (χ0) is 11.4. The first-order valence-corrected chi connectivity index (χ1v) is 6.49. The molecule has 2 unspecified atom stereocenters. The summed E-state index contributed by atoms with van der Waals surface area (Å²) in [6.07, 6.45) is 6.49. The van der Waals surface area contributed by atoms with Gasteiger partial charge < -0.3 is 0 Å². The van der Waals surface area contributed by atoms with Gasteiger partial charge in [0.15, 0.2) is 0 Å². The second-order valence-electron chi connectivity index (χ2n) is 4.89. The highest BCUT2D eigenvalue weighted by molar-refractivity contribution is 5.83. The third-order valence-corrected chi connectivity index (χ3v) is 3.93. The molecule has 1 aliphatic carbocycles. The minimum absolute atomic E-state index is 0.345. The summed E-state index contributed by atoms with van der Waals surface area (Å²) in [5, 5.41) is 0. The Bertz CT molecular complexity index is 312. The molecule has 16 heavy (non-hydrogen) atoms. The summed E-state index contributed by atoms with van der Waals surface area (Å²) in [6, 6.07) is 0.536. The molecule has 0 bridgehead atoms. The third-order valence-electron chi connectivity index (χ3n) is 3.93. The minimum atomic E-state index is 0.345. The first-order chi connectivity index (χ1) is 7.83. The van der Waals surface area contributed by atoms with Gasteiger partial charge in [-0.2, -0.15) is 0 Å². The summed E-state index contributed by atoms with van der Waals surface area (Å²) >= 11 is 0. The van der Waals surface area contributed by atoms with Crippen molar-refractivity contribution in [3.63, 3.8) is 0 Å². The highest BCUT2D eigenvalue weighted by atomic mass is 16.1. The van der Waals surface area contributed by atoms with E-state index >= 15 is 0 Å². The van der Waals surface area contributed by atoms with E-state index in [2.05, 4.69) is 16.7 Å². The molecule has 1 heterocycles. The maximum Gasteiger partial charge on any atom is 0.137 e. The SMILES string of the molecule is CC#CCCN1CCCC1C1CCCC1=O. The normalized spacial score (nSPS) is 30.4. The van der Waals surface area contributed by atoms with Gasteiger partial charge in [-0.15, -0.1) is 11.8 Å². The van der Waals surface area contributed by atoms with E-state index < -0.39 is 0 Å². The molecule has 1 saturated carbocycles. The lowest BCUT2D eigenvalue weighted by Crippen LogP contribution is -2.37. The van der Waals surface area contributed by atoms with Crippen LogP contribution >= 0.6 is 0 Å². The van der Waals surface area contributed by atoms with E-state index in [0.29, 0.717) is 17.7 Å². The van der Waals surface area contributed by atoms with Crippen LogP contribution in [-0.4, -0.2) is 29.8 Å². The van der Waals surface area contributed by atoms with E-state index in [4.69, 9.17) is 0 Å². The van der Waals surface area contributed by atoms with Gasteiger partial charge in [0.05, 0.1) is 0 Å². The smallest absolute Gasteiger partial charge is 0.137 e. The van der Waals surface area contributed by atoms with Gasteiger partial charge in [-0.3, -0.25) is 9.69 Å². The van der Waals surface area contributed by atoms with Crippen molar-refractivity contribution in [1.82, 2.24) is 4.90 Å². The van der Waals surface area contributed by atoms with Crippen molar-refractivity contribution in [2.45, 2.75) is 51.5 Å². The summed E-state index contributed by atoms with van der Waals surface area (Å²) < 4.78 is 0. The fourth-order valence-electron chi connectivity index (χ4n) is 3.16. The van der Waals surface area contributed by atoms with Crippen molar-refractivity contribution in [3.8, 4) is 11.8 Å². The molecule has 0 aromatic carbocycles. The predicted molar refractivity (Wildman–Crippen MR) is 65.0 cm³/mol. The highest BCUT2D eigenvalue weighted by Crippen LogP contribution is 2.33. The van der Waals surface area contributed by atoms with E-state index in [1.807, 2.05) is 6.92 Å². The van der Waals surface area contributed by atoms with Gasteiger partial charge in [-0.05, 0) is 39.2 Å². The molecule has 1 aliphatic heterocycles. The quantitative estimate of drug-likeness (QED) is 0.678. The van der Waals surface area contributed by atoms with Gasteiger partial charge in [0.2, 0.25) is 0 Å². The van der Waals surface area contributed by atoms with Crippen LogP contribution in [0.1, 0.15) is 45.4 Å². The number of ketones is 1. The van der Waals surface area contributed by atoms with Crippen LogP contribution in [0.15, 0.2) is 0 Å². The van der Waals surface area contributed by atoms with Crippen molar-refractivity contribution in [2.75, 3.05) is 13.1 Å². The molecule has 88 valence electrons. The first kappa shape index (κ1) is 11.7. The molecular weight excluding hydrogens is 198 g/mol. The molecule has 0 aromatic rings. The molecule has 2 fully saturated rings. The lowest BCUT2D eigenvalue weighted by Gasteiger charge is -2.27. The summed E-state index contributed by atoms with van der Waals surface area (Å²) in [6.45, 7) is 4.11. The molecule has 0 radical (unpaired) electrons. The lowest BCUT2D eigenvalue weighted by atomic mass is 9.95. The van der Waals surface area contributed by atoms with E-state index in [1.165, 1.54) is 19.4 Å². The molecule has 0 N–H and O–H groups in total. The number of hydrogen-bond donors (Lipinski definition) is 0. The average molecular weight is 219 g/mol.